The van der Waals surface area contributed by atoms with Crippen LogP contribution in [0.1, 0.15) is 34.6 Å². The molecular formula is C18H16ClNO4. The third-order valence-electron chi connectivity index (χ3n) is 3.27. The van der Waals surface area contributed by atoms with Crippen molar-refractivity contribution in [3.05, 3.63) is 64.7 Å². The lowest BCUT2D eigenvalue weighted by molar-refractivity contribution is -0.123. The number of hydrogen-bond acceptors (Lipinski definition) is 4. The van der Waals surface area contributed by atoms with Crippen LogP contribution in [0.15, 0.2) is 48.5 Å². The molecule has 0 saturated carbocycles. The summed E-state index contributed by atoms with van der Waals surface area (Å²) in [6.07, 6.45) is -0.982. The summed E-state index contributed by atoms with van der Waals surface area (Å²) in [6, 6.07) is 12.7. The number of nitrogens with one attached hydrogen (secondary N) is 1. The number of hydrogen-bond donors (Lipinski definition) is 1. The van der Waals surface area contributed by atoms with E-state index in [4.69, 9.17) is 16.3 Å². The highest BCUT2D eigenvalue weighted by Gasteiger charge is 2.19. The summed E-state index contributed by atoms with van der Waals surface area (Å²) in [5.74, 6) is -1.16. The molecule has 0 saturated heterocycles. The first-order chi connectivity index (χ1) is 11.4. The van der Waals surface area contributed by atoms with Crippen LogP contribution in [0.2, 0.25) is 5.02 Å². The summed E-state index contributed by atoms with van der Waals surface area (Å²) in [5, 5.41) is 3.03. The van der Waals surface area contributed by atoms with Gasteiger partial charge in [0.1, 0.15) is 0 Å². The van der Waals surface area contributed by atoms with Crippen molar-refractivity contribution in [1.82, 2.24) is 0 Å². The zero-order valence-corrected chi connectivity index (χ0v) is 14.0. The summed E-state index contributed by atoms with van der Waals surface area (Å²) in [4.78, 5) is 35.3. The number of carbonyl (C=O) groups is 3. The van der Waals surface area contributed by atoms with Crippen molar-refractivity contribution in [2.45, 2.75) is 20.0 Å². The monoisotopic (exact) mass is 345 g/mol. The van der Waals surface area contributed by atoms with E-state index in [0.29, 0.717) is 16.3 Å². The second-order valence-electron chi connectivity index (χ2n) is 5.18. The fourth-order valence-electron chi connectivity index (χ4n) is 1.93. The highest BCUT2D eigenvalue weighted by Crippen LogP contribution is 2.14. The van der Waals surface area contributed by atoms with E-state index < -0.39 is 18.0 Å². The predicted molar refractivity (Wildman–Crippen MR) is 91.4 cm³/mol. The number of anilines is 1. The Morgan fingerprint density at radius 1 is 1.04 bits per heavy atom. The Bertz CT molecular complexity index is 771. The zero-order chi connectivity index (χ0) is 17.7. The quantitative estimate of drug-likeness (QED) is 0.662. The first kappa shape index (κ1) is 17.7. The van der Waals surface area contributed by atoms with E-state index in [1.165, 1.54) is 19.9 Å². The molecule has 0 fully saturated rings. The summed E-state index contributed by atoms with van der Waals surface area (Å²) in [5.41, 5.74) is 1.33. The summed E-state index contributed by atoms with van der Waals surface area (Å²) < 4.78 is 5.12. The molecule has 1 atom stereocenters. The Balaban J connectivity index is 1.96. The van der Waals surface area contributed by atoms with Crippen LogP contribution in [0.3, 0.4) is 0 Å². The Morgan fingerprint density at radius 3 is 2.29 bits per heavy atom. The molecule has 124 valence electrons. The fourth-order valence-corrected chi connectivity index (χ4v) is 2.12. The second kappa shape index (κ2) is 7.75. The molecule has 0 aliphatic carbocycles. The Kier molecular flexibility index (Phi) is 5.71. The van der Waals surface area contributed by atoms with E-state index in [1.54, 1.807) is 42.5 Å². The molecule has 0 spiro atoms. The van der Waals surface area contributed by atoms with Gasteiger partial charge in [-0.25, -0.2) is 4.79 Å². The molecule has 5 nitrogen and oxygen atoms in total. The molecule has 2 rings (SSSR count). The van der Waals surface area contributed by atoms with Crippen LogP contribution in [0.4, 0.5) is 5.69 Å². The van der Waals surface area contributed by atoms with Gasteiger partial charge in [-0.2, -0.15) is 0 Å². The Morgan fingerprint density at radius 2 is 1.71 bits per heavy atom. The highest BCUT2D eigenvalue weighted by atomic mass is 35.5. The van der Waals surface area contributed by atoms with Gasteiger partial charge < -0.3 is 10.1 Å². The van der Waals surface area contributed by atoms with Gasteiger partial charge in [-0.05, 0) is 56.3 Å². The molecule has 6 heteroatoms. The molecule has 0 heterocycles. The third kappa shape index (κ3) is 4.67. The normalized spacial score (nSPS) is 11.5. The number of benzene rings is 2. The van der Waals surface area contributed by atoms with Gasteiger partial charge in [0.15, 0.2) is 11.9 Å². The first-order valence-electron chi connectivity index (χ1n) is 7.25. The summed E-state index contributed by atoms with van der Waals surface area (Å²) in [7, 11) is 0. The topological polar surface area (TPSA) is 72.5 Å². The van der Waals surface area contributed by atoms with Crippen molar-refractivity contribution in [2.75, 3.05) is 5.32 Å². The van der Waals surface area contributed by atoms with E-state index in [1.807, 2.05) is 0 Å². The van der Waals surface area contributed by atoms with Crippen LogP contribution in [-0.4, -0.2) is 23.8 Å². The molecule has 24 heavy (non-hydrogen) atoms. The average molecular weight is 346 g/mol. The minimum Gasteiger partial charge on any atom is -0.449 e. The number of Topliss-reactive ketones (excluding diaryl/α,β-unsaturated/α-hetero) is 1. The number of ether oxygens (including phenoxy) is 1. The van der Waals surface area contributed by atoms with Crippen LogP contribution in [0.5, 0.6) is 0 Å². The molecule has 2 aromatic rings. The molecule has 0 aromatic heterocycles. The van der Waals surface area contributed by atoms with Gasteiger partial charge in [-0.1, -0.05) is 17.7 Å². The molecular weight excluding hydrogens is 330 g/mol. The molecule has 0 unspecified atom stereocenters. The smallest absolute Gasteiger partial charge is 0.338 e. The van der Waals surface area contributed by atoms with Gasteiger partial charge in [0.2, 0.25) is 0 Å². The first-order valence-corrected chi connectivity index (χ1v) is 7.63. The zero-order valence-electron chi connectivity index (χ0n) is 13.2. The van der Waals surface area contributed by atoms with E-state index in [9.17, 15) is 14.4 Å². The van der Waals surface area contributed by atoms with Crippen LogP contribution in [0.25, 0.3) is 0 Å². The number of halogens is 1. The highest BCUT2D eigenvalue weighted by molar-refractivity contribution is 6.30. The molecule has 0 radical (unpaired) electrons. The fraction of sp³-hybridized carbons (Fsp3) is 0.167. The summed E-state index contributed by atoms with van der Waals surface area (Å²) in [6.45, 7) is 2.94. The largest absolute Gasteiger partial charge is 0.449 e. The SMILES string of the molecule is CC(=O)c1ccc(NC(=O)[C@@H](C)OC(=O)c2cccc(Cl)c2)cc1. The van der Waals surface area contributed by atoms with Gasteiger partial charge >= 0.3 is 5.97 Å². The van der Waals surface area contributed by atoms with Crippen LogP contribution < -0.4 is 5.32 Å². The molecule has 0 aliphatic rings. The standard InChI is InChI=1S/C18H16ClNO4/c1-11(21)13-6-8-16(9-7-13)20-17(22)12(2)24-18(23)14-4-3-5-15(19)10-14/h3-10,12H,1-2H3,(H,20,22)/t12-/m1/s1. The second-order valence-corrected chi connectivity index (χ2v) is 5.62. The van der Waals surface area contributed by atoms with Crippen LogP contribution >= 0.6 is 11.6 Å². The van der Waals surface area contributed by atoms with Gasteiger partial charge in [-0.3, -0.25) is 9.59 Å². The molecule has 0 bridgehead atoms. The lowest BCUT2D eigenvalue weighted by atomic mass is 10.1. The Hall–Kier alpha value is -2.66. The maximum absolute atomic E-state index is 12.1. The van der Waals surface area contributed by atoms with Gasteiger partial charge in [-0.15, -0.1) is 0 Å². The van der Waals surface area contributed by atoms with Crippen molar-refractivity contribution in [3.63, 3.8) is 0 Å². The van der Waals surface area contributed by atoms with Crippen molar-refractivity contribution in [2.24, 2.45) is 0 Å². The van der Waals surface area contributed by atoms with Gasteiger partial charge in [0, 0.05) is 16.3 Å². The van der Waals surface area contributed by atoms with E-state index in [2.05, 4.69) is 5.32 Å². The van der Waals surface area contributed by atoms with Crippen molar-refractivity contribution < 1.29 is 19.1 Å². The van der Waals surface area contributed by atoms with Crippen LogP contribution in [-0.2, 0) is 9.53 Å². The molecule has 0 aliphatic heterocycles. The predicted octanol–water partition coefficient (Wildman–Crippen LogP) is 3.73. The lowest BCUT2D eigenvalue weighted by Crippen LogP contribution is -2.30. The number of carbonyl (C=O) groups excluding carboxylic acids is 3. The summed E-state index contributed by atoms with van der Waals surface area (Å²) >= 11 is 5.82. The van der Waals surface area contributed by atoms with Crippen molar-refractivity contribution in [3.8, 4) is 0 Å². The number of esters is 1. The minimum absolute atomic E-state index is 0.0586. The third-order valence-corrected chi connectivity index (χ3v) is 3.51. The molecule has 1 amide bonds. The van der Waals surface area contributed by atoms with E-state index >= 15 is 0 Å². The Labute approximate surface area is 144 Å². The molecule has 1 N–H and O–H groups in total. The van der Waals surface area contributed by atoms with Gasteiger partial charge in [0.25, 0.3) is 5.91 Å². The maximum Gasteiger partial charge on any atom is 0.338 e. The van der Waals surface area contributed by atoms with Crippen molar-refractivity contribution >= 4 is 34.9 Å². The van der Waals surface area contributed by atoms with Crippen LogP contribution in [0, 0.1) is 0 Å². The van der Waals surface area contributed by atoms with Gasteiger partial charge in [0.05, 0.1) is 5.56 Å². The number of rotatable bonds is 5. The average Bonchev–Trinajstić information content (AvgIpc) is 2.55. The van der Waals surface area contributed by atoms with E-state index in [-0.39, 0.29) is 11.3 Å². The lowest BCUT2D eigenvalue weighted by Gasteiger charge is -2.13. The number of amides is 1. The molecule has 2 aromatic carbocycles. The number of ketones is 1. The minimum atomic E-state index is -0.982. The van der Waals surface area contributed by atoms with E-state index in [0.717, 1.165) is 0 Å². The van der Waals surface area contributed by atoms with Crippen molar-refractivity contribution in [1.29, 1.82) is 0 Å². The maximum atomic E-state index is 12.1.